The van der Waals surface area contributed by atoms with E-state index in [4.69, 9.17) is 10.9 Å². The van der Waals surface area contributed by atoms with Crippen LogP contribution in [0.15, 0.2) is 23.5 Å². The second-order valence-corrected chi connectivity index (χ2v) is 5.26. The smallest absolute Gasteiger partial charge is 0.269 e. The molecule has 1 aliphatic rings. The molecule has 6 heteroatoms. The summed E-state index contributed by atoms with van der Waals surface area (Å²) < 4.78 is 0. The van der Waals surface area contributed by atoms with E-state index in [1.165, 1.54) is 12.6 Å². The van der Waals surface area contributed by atoms with Gasteiger partial charge in [0.2, 0.25) is 0 Å². The van der Waals surface area contributed by atoms with E-state index in [9.17, 15) is 4.79 Å². The molecule has 0 aliphatic heterocycles. The van der Waals surface area contributed by atoms with Crippen LogP contribution < -0.4 is 11.1 Å². The first kappa shape index (κ1) is 13.3. The summed E-state index contributed by atoms with van der Waals surface area (Å²) in [5.74, 6) is -0.222. The lowest BCUT2D eigenvalue weighted by Crippen LogP contribution is -2.40. The minimum absolute atomic E-state index is 0.0264. The van der Waals surface area contributed by atoms with E-state index in [1.807, 2.05) is 0 Å². The number of amidine groups is 1. The molecule has 2 rings (SSSR count). The van der Waals surface area contributed by atoms with Crippen LogP contribution in [0.1, 0.15) is 42.2 Å². The fourth-order valence-electron chi connectivity index (χ4n) is 2.08. The first-order chi connectivity index (χ1) is 9.04. The molecule has 0 unspecified atom stereocenters. The molecule has 19 heavy (non-hydrogen) atoms. The number of amides is 1. The Morgan fingerprint density at radius 2 is 2.32 bits per heavy atom. The molecular weight excluding hydrogens is 244 g/mol. The van der Waals surface area contributed by atoms with Crippen LogP contribution >= 0.6 is 0 Å². The van der Waals surface area contributed by atoms with E-state index in [1.54, 1.807) is 12.1 Å². The molecule has 0 atom stereocenters. The second kappa shape index (κ2) is 5.26. The molecular formula is C13H18N4O2. The summed E-state index contributed by atoms with van der Waals surface area (Å²) in [7, 11) is 0. The third-order valence-corrected chi connectivity index (χ3v) is 3.64. The van der Waals surface area contributed by atoms with Crippen molar-refractivity contribution in [2.45, 2.75) is 26.2 Å². The zero-order chi connectivity index (χ0) is 13.9. The maximum absolute atomic E-state index is 11.9. The SMILES string of the molecule is CC1(CNC(=O)c2ccc(/C(N)=N/O)cn2)CCC1. The molecule has 0 spiro atoms. The molecule has 1 heterocycles. The van der Waals surface area contributed by atoms with Crippen LogP contribution in [-0.4, -0.2) is 28.5 Å². The largest absolute Gasteiger partial charge is 0.409 e. The first-order valence-corrected chi connectivity index (χ1v) is 6.26. The molecule has 1 fully saturated rings. The number of hydrogen-bond acceptors (Lipinski definition) is 4. The summed E-state index contributed by atoms with van der Waals surface area (Å²) in [6, 6.07) is 3.16. The topological polar surface area (TPSA) is 101 Å². The summed E-state index contributed by atoms with van der Waals surface area (Å²) in [5, 5.41) is 14.3. The molecule has 1 saturated carbocycles. The predicted molar refractivity (Wildman–Crippen MR) is 71.0 cm³/mol. The van der Waals surface area contributed by atoms with Crippen molar-refractivity contribution >= 4 is 11.7 Å². The van der Waals surface area contributed by atoms with Crippen molar-refractivity contribution in [2.24, 2.45) is 16.3 Å². The Balaban J connectivity index is 1.95. The standard InChI is InChI=1S/C13H18N4O2/c1-13(5-2-6-13)8-16-12(18)10-4-3-9(7-15-10)11(14)17-19/h3-4,7,19H,2,5-6,8H2,1H3,(H2,14,17)(H,16,18). The first-order valence-electron chi connectivity index (χ1n) is 6.26. The number of nitrogens with zero attached hydrogens (tertiary/aromatic N) is 2. The number of pyridine rings is 1. The van der Waals surface area contributed by atoms with Gasteiger partial charge in [0.25, 0.3) is 5.91 Å². The van der Waals surface area contributed by atoms with E-state index < -0.39 is 0 Å². The summed E-state index contributed by atoms with van der Waals surface area (Å²) in [5.41, 5.74) is 6.47. The number of hydrogen-bond donors (Lipinski definition) is 3. The van der Waals surface area contributed by atoms with Gasteiger partial charge in [-0.05, 0) is 30.4 Å². The zero-order valence-electron chi connectivity index (χ0n) is 10.9. The molecule has 0 radical (unpaired) electrons. The van der Waals surface area contributed by atoms with Gasteiger partial charge >= 0.3 is 0 Å². The number of carbonyl (C=O) groups excluding carboxylic acids is 1. The van der Waals surface area contributed by atoms with Gasteiger partial charge in [0.15, 0.2) is 5.84 Å². The molecule has 102 valence electrons. The van der Waals surface area contributed by atoms with Crippen molar-refractivity contribution in [3.63, 3.8) is 0 Å². The molecule has 1 aromatic rings. The van der Waals surface area contributed by atoms with Gasteiger partial charge in [-0.1, -0.05) is 18.5 Å². The lowest BCUT2D eigenvalue weighted by Gasteiger charge is -2.38. The molecule has 0 saturated heterocycles. The minimum Gasteiger partial charge on any atom is -0.409 e. The summed E-state index contributed by atoms with van der Waals surface area (Å²) in [6.45, 7) is 2.85. The average molecular weight is 262 g/mol. The van der Waals surface area contributed by atoms with E-state index in [0.29, 0.717) is 17.8 Å². The Bertz CT molecular complexity index is 492. The van der Waals surface area contributed by atoms with Crippen LogP contribution in [0.25, 0.3) is 0 Å². The number of aromatic nitrogens is 1. The number of oxime groups is 1. The van der Waals surface area contributed by atoms with E-state index in [-0.39, 0.29) is 17.2 Å². The molecule has 0 aromatic carbocycles. The van der Waals surface area contributed by atoms with Crippen LogP contribution in [0.2, 0.25) is 0 Å². The predicted octanol–water partition coefficient (Wildman–Crippen LogP) is 1.10. The summed E-state index contributed by atoms with van der Waals surface area (Å²) in [6.07, 6.45) is 4.96. The molecule has 1 aliphatic carbocycles. The van der Waals surface area contributed by atoms with Crippen molar-refractivity contribution in [2.75, 3.05) is 6.54 Å². The van der Waals surface area contributed by atoms with Gasteiger partial charge in [0.1, 0.15) is 5.69 Å². The van der Waals surface area contributed by atoms with Crippen molar-refractivity contribution in [3.8, 4) is 0 Å². The third kappa shape index (κ3) is 3.01. The second-order valence-electron chi connectivity index (χ2n) is 5.26. The monoisotopic (exact) mass is 262 g/mol. The number of nitrogens with one attached hydrogen (secondary N) is 1. The number of rotatable bonds is 4. The lowest BCUT2D eigenvalue weighted by molar-refractivity contribution is 0.0886. The molecule has 6 nitrogen and oxygen atoms in total. The van der Waals surface area contributed by atoms with Gasteiger partial charge in [-0.2, -0.15) is 0 Å². The minimum atomic E-state index is -0.195. The molecule has 4 N–H and O–H groups in total. The quantitative estimate of drug-likeness (QED) is 0.327. The van der Waals surface area contributed by atoms with Gasteiger partial charge in [0, 0.05) is 18.3 Å². The Morgan fingerprint density at radius 1 is 1.58 bits per heavy atom. The molecule has 1 amide bonds. The maximum Gasteiger partial charge on any atom is 0.269 e. The fraction of sp³-hybridized carbons (Fsp3) is 0.462. The van der Waals surface area contributed by atoms with Crippen LogP contribution in [-0.2, 0) is 0 Å². The Labute approximate surface area is 111 Å². The number of nitrogens with two attached hydrogens (primary N) is 1. The van der Waals surface area contributed by atoms with Gasteiger partial charge in [-0.3, -0.25) is 9.78 Å². The highest BCUT2D eigenvalue weighted by Gasteiger charge is 2.31. The zero-order valence-corrected chi connectivity index (χ0v) is 10.9. The van der Waals surface area contributed by atoms with Crippen molar-refractivity contribution in [1.29, 1.82) is 0 Å². The number of carbonyl (C=O) groups is 1. The van der Waals surface area contributed by atoms with E-state index in [0.717, 1.165) is 12.8 Å². The summed E-state index contributed by atoms with van der Waals surface area (Å²) in [4.78, 5) is 15.9. The highest BCUT2D eigenvalue weighted by molar-refractivity contribution is 5.98. The van der Waals surface area contributed by atoms with Crippen LogP contribution in [0.4, 0.5) is 0 Å². The highest BCUT2D eigenvalue weighted by atomic mass is 16.4. The van der Waals surface area contributed by atoms with Crippen LogP contribution in [0, 0.1) is 5.41 Å². The molecule has 1 aromatic heterocycles. The maximum atomic E-state index is 11.9. The summed E-state index contributed by atoms with van der Waals surface area (Å²) >= 11 is 0. The van der Waals surface area contributed by atoms with Gasteiger partial charge in [-0.15, -0.1) is 0 Å². The lowest BCUT2D eigenvalue weighted by atomic mass is 9.70. The van der Waals surface area contributed by atoms with Crippen molar-refractivity contribution in [3.05, 3.63) is 29.6 Å². The van der Waals surface area contributed by atoms with E-state index >= 15 is 0 Å². The average Bonchev–Trinajstić information content (AvgIpc) is 2.42. The van der Waals surface area contributed by atoms with Crippen LogP contribution in [0.3, 0.4) is 0 Å². The van der Waals surface area contributed by atoms with Gasteiger partial charge in [-0.25, -0.2) is 0 Å². The third-order valence-electron chi connectivity index (χ3n) is 3.64. The van der Waals surface area contributed by atoms with E-state index in [2.05, 4.69) is 22.4 Å². The fourth-order valence-corrected chi connectivity index (χ4v) is 2.08. The van der Waals surface area contributed by atoms with Crippen molar-refractivity contribution in [1.82, 2.24) is 10.3 Å². The van der Waals surface area contributed by atoms with Gasteiger partial charge in [0.05, 0.1) is 0 Å². The Kier molecular flexibility index (Phi) is 3.69. The van der Waals surface area contributed by atoms with Crippen molar-refractivity contribution < 1.29 is 10.0 Å². The normalized spacial score (nSPS) is 17.6. The molecule has 0 bridgehead atoms. The van der Waals surface area contributed by atoms with Crippen LogP contribution in [0.5, 0.6) is 0 Å². The van der Waals surface area contributed by atoms with Gasteiger partial charge < -0.3 is 16.3 Å². The Hall–Kier alpha value is -2.11. The highest BCUT2D eigenvalue weighted by Crippen LogP contribution is 2.39. The Morgan fingerprint density at radius 3 is 2.79 bits per heavy atom.